The van der Waals surface area contributed by atoms with Gasteiger partial charge >= 0.3 is 16.9 Å². The van der Waals surface area contributed by atoms with Gasteiger partial charge in [0, 0.05) is 18.5 Å². The second-order valence-electron chi connectivity index (χ2n) is 9.91. The van der Waals surface area contributed by atoms with Crippen molar-refractivity contribution >= 4 is 49.8 Å². The molecule has 0 aliphatic rings. The first kappa shape index (κ1) is 31.2. The van der Waals surface area contributed by atoms with E-state index in [1.807, 2.05) is 0 Å². The van der Waals surface area contributed by atoms with Crippen LogP contribution in [0.1, 0.15) is 12.8 Å². The Bertz CT molecular complexity index is 2150. The fourth-order valence-electron chi connectivity index (χ4n) is 4.68. The minimum atomic E-state index is -4.23. The van der Waals surface area contributed by atoms with Crippen molar-refractivity contribution in [2.45, 2.75) is 29.3 Å². The lowest BCUT2D eigenvalue weighted by atomic mass is 10.1. The topological polar surface area (TPSA) is 254 Å². The summed E-state index contributed by atoms with van der Waals surface area (Å²) in [6.45, 7) is 0.222. The third kappa shape index (κ3) is 6.60. The summed E-state index contributed by atoms with van der Waals surface area (Å²) in [5.41, 5.74) is 14.7. The van der Waals surface area contributed by atoms with Crippen LogP contribution in [0.5, 0.6) is 5.88 Å². The Labute approximate surface area is 265 Å². The Hall–Kier alpha value is -5.82. The molecular formula is C28H27N9O9S. The highest BCUT2D eigenvalue weighted by Crippen LogP contribution is 2.32. The summed E-state index contributed by atoms with van der Waals surface area (Å²) < 4.78 is 52.9. The number of hydrogen-bond acceptors (Lipinski definition) is 16. The van der Waals surface area contributed by atoms with E-state index in [9.17, 15) is 18.4 Å². The molecule has 47 heavy (non-hydrogen) atoms. The number of nitrogens with zero attached hydrogens (tertiary/aromatic N) is 7. The minimum Gasteiger partial charge on any atom is -0.463 e. The number of nitrogen functional groups attached to an aromatic ring is 2. The van der Waals surface area contributed by atoms with Gasteiger partial charge in [-0.15, -0.1) is 0 Å². The van der Waals surface area contributed by atoms with Gasteiger partial charge in [-0.25, -0.2) is 23.1 Å². The molecule has 244 valence electrons. The largest absolute Gasteiger partial charge is 0.463 e. The summed E-state index contributed by atoms with van der Waals surface area (Å²) in [6.07, 6.45) is 1.85. The van der Waals surface area contributed by atoms with Crippen LogP contribution in [-0.4, -0.2) is 70.7 Å². The molecule has 18 nitrogen and oxygen atoms in total. The Morgan fingerprint density at radius 1 is 1.04 bits per heavy atom. The normalized spacial score (nSPS) is 11.7. The predicted octanol–water partition coefficient (Wildman–Crippen LogP) is 1.67. The standard InChI is InChI=1S/C28H27N9O9S/c29-24-22-23(17-8-9-20-19(15-17)33-28(30)45-20)34-36(25(22)32-16-31-24)10-4-7-21(38)43-13-11-42-12-14-44-26-27(37(39)46-35-26)47(40,41)18-5-2-1-3-6-18/h1-3,5-6,8-9,15-16H,4,7,10-14H2,(H2,30,33)(H2,29,31,32). The van der Waals surface area contributed by atoms with Gasteiger partial charge in [0.05, 0.1) is 28.7 Å². The molecule has 0 aliphatic heterocycles. The van der Waals surface area contributed by atoms with Crippen molar-refractivity contribution in [3.8, 4) is 17.1 Å². The summed E-state index contributed by atoms with van der Waals surface area (Å²) in [6, 6.07) is 12.7. The number of carbonyl (C=O) groups is 1. The zero-order chi connectivity index (χ0) is 33.0. The van der Waals surface area contributed by atoms with Gasteiger partial charge in [-0.2, -0.15) is 10.1 Å². The average Bonchev–Trinajstić information content (AvgIpc) is 3.75. The summed E-state index contributed by atoms with van der Waals surface area (Å²) in [4.78, 5) is 24.6. The molecule has 0 bridgehead atoms. The first-order chi connectivity index (χ1) is 22.7. The van der Waals surface area contributed by atoms with E-state index in [1.54, 1.807) is 28.9 Å². The van der Waals surface area contributed by atoms with Crippen LogP contribution in [0, 0.1) is 5.21 Å². The fraction of sp³-hybridized carbons (Fsp3) is 0.250. The number of benzene rings is 2. The van der Waals surface area contributed by atoms with Crippen LogP contribution in [0.4, 0.5) is 11.8 Å². The number of hydrogen-bond donors (Lipinski definition) is 2. The van der Waals surface area contributed by atoms with Crippen LogP contribution in [-0.2, 0) is 30.7 Å². The molecule has 4 aromatic heterocycles. The molecule has 0 saturated carbocycles. The number of rotatable bonds is 14. The van der Waals surface area contributed by atoms with E-state index in [0.717, 1.165) is 0 Å². The number of fused-ring (bicyclic) bond motifs is 2. The van der Waals surface area contributed by atoms with E-state index in [2.05, 4.69) is 24.7 Å². The van der Waals surface area contributed by atoms with Crippen LogP contribution in [0.25, 0.3) is 33.4 Å². The predicted molar refractivity (Wildman–Crippen MR) is 161 cm³/mol. The lowest BCUT2D eigenvalue weighted by molar-refractivity contribution is -0.832. The van der Waals surface area contributed by atoms with E-state index in [1.165, 1.54) is 30.6 Å². The van der Waals surface area contributed by atoms with E-state index >= 15 is 0 Å². The summed E-state index contributed by atoms with van der Waals surface area (Å²) in [5.74, 6) is -0.678. The van der Waals surface area contributed by atoms with Crippen molar-refractivity contribution in [1.29, 1.82) is 0 Å². The lowest BCUT2D eigenvalue weighted by Crippen LogP contribution is -2.31. The maximum Gasteiger partial charge on any atom is 0.415 e. The second kappa shape index (κ2) is 13.3. The zero-order valence-corrected chi connectivity index (χ0v) is 25.3. The lowest BCUT2D eigenvalue weighted by Gasteiger charge is -2.07. The van der Waals surface area contributed by atoms with Gasteiger partial charge in [0.25, 0.3) is 15.9 Å². The molecule has 0 atom stereocenters. The van der Waals surface area contributed by atoms with Gasteiger partial charge in [-0.05, 0) is 41.7 Å². The van der Waals surface area contributed by atoms with Crippen LogP contribution in [0.3, 0.4) is 0 Å². The molecular weight excluding hydrogens is 638 g/mol. The Morgan fingerprint density at radius 3 is 2.68 bits per heavy atom. The number of ether oxygens (including phenoxy) is 3. The van der Waals surface area contributed by atoms with Crippen molar-refractivity contribution in [2.24, 2.45) is 0 Å². The van der Waals surface area contributed by atoms with E-state index in [-0.39, 0.29) is 54.5 Å². The Morgan fingerprint density at radius 2 is 1.85 bits per heavy atom. The summed E-state index contributed by atoms with van der Waals surface area (Å²) in [7, 11) is -4.23. The van der Waals surface area contributed by atoms with Gasteiger partial charge in [-0.1, -0.05) is 18.2 Å². The molecule has 4 N–H and O–H groups in total. The van der Waals surface area contributed by atoms with Crippen molar-refractivity contribution in [1.82, 2.24) is 29.9 Å². The highest BCUT2D eigenvalue weighted by atomic mass is 32.2. The van der Waals surface area contributed by atoms with Crippen LogP contribution in [0.2, 0.25) is 0 Å². The van der Waals surface area contributed by atoms with E-state index < -0.39 is 26.7 Å². The maximum atomic E-state index is 12.8. The second-order valence-corrected chi connectivity index (χ2v) is 11.8. The molecule has 0 radical (unpaired) electrons. The number of nitrogens with two attached hydrogens (primary N) is 2. The molecule has 0 saturated heterocycles. The van der Waals surface area contributed by atoms with Gasteiger partial charge in [0.2, 0.25) is 0 Å². The van der Waals surface area contributed by atoms with Gasteiger partial charge < -0.3 is 35.3 Å². The average molecular weight is 666 g/mol. The molecule has 0 unspecified atom stereocenters. The highest BCUT2D eigenvalue weighted by Gasteiger charge is 2.35. The smallest absolute Gasteiger partial charge is 0.415 e. The number of anilines is 2. The molecule has 6 rings (SSSR count). The van der Waals surface area contributed by atoms with Gasteiger partial charge in [0.15, 0.2) is 11.2 Å². The maximum absolute atomic E-state index is 12.8. The molecule has 0 aliphatic carbocycles. The SMILES string of the molecule is Nc1nc2cc(-c3nn(CCCC(=O)OCCOCCOc4no[n+]([O-])c4S(=O)(=O)c4ccccc4)c4ncnc(N)c34)ccc2o1. The van der Waals surface area contributed by atoms with E-state index in [4.69, 9.17) is 35.2 Å². The minimum absolute atomic E-state index is 0.00916. The molecule has 4 heterocycles. The molecule has 19 heteroatoms. The Balaban J connectivity index is 0.955. The monoisotopic (exact) mass is 665 g/mol. The number of aryl methyl sites for hydroxylation is 1. The van der Waals surface area contributed by atoms with Crippen LogP contribution in [0.15, 0.2) is 73.8 Å². The number of sulfone groups is 1. The van der Waals surface area contributed by atoms with Crippen LogP contribution < -0.4 is 21.1 Å². The fourth-order valence-corrected chi connectivity index (χ4v) is 5.98. The van der Waals surface area contributed by atoms with Gasteiger partial charge in [0.1, 0.15) is 36.6 Å². The molecule has 0 spiro atoms. The number of oxazole rings is 1. The first-order valence-corrected chi connectivity index (χ1v) is 15.6. The third-order valence-corrected chi connectivity index (χ3v) is 8.52. The summed E-state index contributed by atoms with van der Waals surface area (Å²) in [5, 5.41) is 19.8. The van der Waals surface area contributed by atoms with Crippen LogP contribution >= 0.6 is 0 Å². The molecule has 2 aromatic carbocycles. The van der Waals surface area contributed by atoms with Crippen molar-refractivity contribution in [3.05, 3.63) is 60.1 Å². The number of carbonyl (C=O) groups excluding carboxylic acids is 1. The number of esters is 1. The highest BCUT2D eigenvalue weighted by molar-refractivity contribution is 7.91. The van der Waals surface area contributed by atoms with Gasteiger partial charge in [-0.3, -0.25) is 9.42 Å². The van der Waals surface area contributed by atoms with Crippen molar-refractivity contribution in [2.75, 3.05) is 37.9 Å². The first-order valence-electron chi connectivity index (χ1n) is 14.1. The molecule has 0 amide bonds. The van der Waals surface area contributed by atoms with E-state index in [0.29, 0.717) is 46.4 Å². The van der Waals surface area contributed by atoms with Crippen molar-refractivity contribution < 1.29 is 41.4 Å². The molecule has 0 fully saturated rings. The summed E-state index contributed by atoms with van der Waals surface area (Å²) >= 11 is 0. The van der Waals surface area contributed by atoms with Crippen molar-refractivity contribution in [3.63, 3.8) is 0 Å². The third-order valence-electron chi connectivity index (χ3n) is 6.80. The Kier molecular flexibility index (Phi) is 8.80. The zero-order valence-electron chi connectivity index (χ0n) is 24.5. The number of aromatic nitrogens is 7. The molecule has 6 aromatic rings. The quantitative estimate of drug-likeness (QED) is 0.0953.